The van der Waals surface area contributed by atoms with E-state index in [1.807, 2.05) is 47.8 Å². The molecule has 0 radical (unpaired) electrons. The maximum Gasteiger partial charge on any atom is 0.161 e. The van der Waals surface area contributed by atoms with Crippen LogP contribution in [0.5, 0.6) is 0 Å². The van der Waals surface area contributed by atoms with E-state index in [4.69, 9.17) is 11.6 Å². The fourth-order valence-corrected chi connectivity index (χ4v) is 4.82. The summed E-state index contributed by atoms with van der Waals surface area (Å²) >= 11 is 7.46. The third-order valence-corrected chi connectivity index (χ3v) is 6.19. The van der Waals surface area contributed by atoms with Gasteiger partial charge < -0.3 is 0 Å². The highest BCUT2D eigenvalue weighted by atomic mass is 35.5. The van der Waals surface area contributed by atoms with E-state index in [1.54, 1.807) is 6.92 Å². The molecule has 1 aliphatic rings. The Labute approximate surface area is 161 Å². The predicted octanol–water partition coefficient (Wildman–Crippen LogP) is 5.72. The van der Waals surface area contributed by atoms with E-state index in [1.165, 1.54) is 16.9 Å². The molecule has 1 unspecified atom stereocenters. The number of halogens is 1. The zero-order valence-corrected chi connectivity index (χ0v) is 15.9. The van der Waals surface area contributed by atoms with Crippen molar-refractivity contribution in [3.8, 4) is 11.1 Å². The van der Waals surface area contributed by atoms with E-state index in [2.05, 4.69) is 6.07 Å². The van der Waals surface area contributed by atoms with Crippen LogP contribution >= 0.6 is 22.9 Å². The number of rotatable bonds is 5. The average molecular weight is 381 g/mol. The van der Waals surface area contributed by atoms with Crippen LogP contribution in [0.25, 0.3) is 11.1 Å². The smallest absolute Gasteiger partial charge is 0.161 e. The van der Waals surface area contributed by atoms with Crippen LogP contribution in [0.2, 0.25) is 5.02 Å². The Bertz CT molecular complexity index is 1000. The van der Waals surface area contributed by atoms with Gasteiger partial charge in [0.25, 0.3) is 0 Å². The molecule has 1 heterocycles. The van der Waals surface area contributed by atoms with Crippen LogP contribution in [-0.4, -0.2) is 11.6 Å². The largest absolute Gasteiger partial charge is 0.299 e. The molecule has 0 spiro atoms. The summed E-state index contributed by atoms with van der Waals surface area (Å²) in [5, 5.41) is 2.63. The van der Waals surface area contributed by atoms with Crippen LogP contribution < -0.4 is 0 Å². The molecule has 0 saturated heterocycles. The maximum atomic E-state index is 12.8. The van der Waals surface area contributed by atoms with Gasteiger partial charge in [-0.15, -0.1) is 11.3 Å². The van der Waals surface area contributed by atoms with E-state index in [0.29, 0.717) is 17.0 Å². The van der Waals surface area contributed by atoms with Gasteiger partial charge in [-0.05, 0) is 47.5 Å². The summed E-state index contributed by atoms with van der Waals surface area (Å²) in [5.74, 6) is 0.149. The third-order valence-electron chi connectivity index (χ3n) is 4.95. The standard InChI is InChI=1S/C22H17ClO2S/c1-13(24)22-19(14-6-8-16(23)9-7-14)12-26-21(22)11-20(25)18-10-15-4-2-3-5-17(15)18/h2-9,12,18H,10-11H2,1H3. The topological polar surface area (TPSA) is 34.1 Å². The molecule has 26 heavy (non-hydrogen) atoms. The first-order chi connectivity index (χ1) is 12.5. The summed E-state index contributed by atoms with van der Waals surface area (Å²) in [4.78, 5) is 25.9. The molecule has 4 heteroatoms. The van der Waals surface area contributed by atoms with E-state index in [9.17, 15) is 9.59 Å². The van der Waals surface area contributed by atoms with Crippen molar-refractivity contribution in [2.75, 3.05) is 0 Å². The summed E-state index contributed by atoms with van der Waals surface area (Å²) in [6.45, 7) is 1.56. The zero-order chi connectivity index (χ0) is 18.3. The normalized spacial score (nSPS) is 15.2. The van der Waals surface area contributed by atoms with E-state index in [-0.39, 0.29) is 17.5 Å². The fourth-order valence-electron chi connectivity index (χ4n) is 3.58. The summed E-state index contributed by atoms with van der Waals surface area (Å²) in [6, 6.07) is 15.5. The molecular formula is C22H17ClO2S. The van der Waals surface area contributed by atoms with Crippen molar-refractivity contribution in [2.24, 2.45) is 0 Å². The molecule has 1 aromatic heterocycles. The molecule has 0 aliphatic heterocycles. The Balaban J connectivity index is 1.62. The molecule has 0 fully saturated rings. The maximum absolute atomic E-state index is 12.8. The predicted molar refractivity (Wildman–Crippen MR) is 106 cm³/mol. The van der Waals surface area contributed by atoms with Crippen LogP contribution in [0.15, 0.2) is 53.9 Å². The Morgan fingerprint density at radius 1 is 1.12 bits per heavy atom. The molecule has 3 aromatic rings. The van der Waals surface area contributed by atoms with Crippen molar-refractivity contribution in [1.82, 2.24) is 0 Å². The van der Waals surface area contributed by atoms with Crippen LogP contribution in [0.1, 0.15) is 39.2 Å². The highest BCUT2D eigenvalue weighted by Crippen LogP contribution is 2.38. The van der Waals surface area contributed by atoms with Gasteiger partial charge in [0.2, 0.25) is 0 Å². The van der Waals surface area contributed by atoms with Crippen LogP contribution in [-0.2, 0) is 17.6 Å². The first-order valence-electron chi connectivity index (χ1n) is 8.52. The van der Waals surface area contributed by atoms with E-state index < -0.39 is 0 Å². The number of carbonyl (C=O) groups excluding carboxylic acids is 2. The second-order valence-electron chi connectivity index (χ2n) is 6.61. The molecule has 0 bridgehead atoms. The van der Waals surface area contributed by atoms with Crippen LogP contribution in [0.4, 0.5) is 0 Å². The lowest BCUT2D eigenvalue weighted by Crippen LogP contribution is -2.26. The van der Waals surface area contributed by atoms with Crippen molar-refractivity contribution in [3.05, 3.63) is 80.5 Å². The molecule has 0 amide bonds. The monoisotopic (exact) mass is 380 g/mol. The molecule has 0 saturated carbocycles. The number of fused-ring (bicyclic) bond motifs is 1. The molecular weight excluding hydrogens is 364 g/mol. The van der Waals surface area contributed by atoms with Gasteiger partial charge in [-0.1, -0.05) is 48.0 Å². The third kappa shape index (κ3) is 3.02. The van der Waals surface area contributed by atoms with Gasteiger partial charge in [-0.3, -0.25) is 9.59 Å². The van der Waals surface area contributed by atoms with Crippen molar-refractivity contribution >= 4 is 34.5 Å². The number of hydrogen-bond acceptors (Lipinski definition) is 3. The number of benzene rings is 2. The van der Waals surface area contributed by atoms with Crippen LogP contribution in [0, 0.1) is 0 Å². The van der Waals surface area contributed by atoms with Gasteiger partial charge in [0.15, 0.2) is 5.78 Å². The molecule has 4 rings (SSSR count). The number of Topliss-reactive ketones (excluding diaryl/α,β-unsaturated/α-hetero) is 2. The summed E-state index contributed by atoms with van der Waals surface area (Å²) in [6.07, 6.45) is 1.12. The van der Waals surface area contributed by atoms with E-state index >= 15 is 0 Å². The lowest BCUT2D eigenvalue weighted by molar-refractivity contribution is -0.120. The Hall–Kier alpha value is -2.23. The first kappa shape index (κ1) is 17.2. The molecule has 2 nitrogen and oxygen atoms in total. The second kappa shape index (κ2) is 6.82. The minimum Gasteiger partial charge on any atom is -0.299 e. The number of thiophene rings is 1. The SMILES string of the molecule is CC(=O)c1c(-c2ccc(Cl)cc2)csc1CC(=O)C1Cc2ccccc21. The molecule has 1 atom stereocenters. The molecule has 130 valence electrons. The minimum atomic E-state index is -0.0351. The van der Waals surface area contributed by atoms with Crippen molar-refractivity contribution in [2.45, 2.75) is 25.7 Å². The first-order valence-corrected chi connectivity index (χ1v) is 9.78. The van der Waals surface area contributed by atoms with Gasteiger partial charge in [0.05, 0.1) is 0 Å². The van der Waals surface area contributed by atoms with Crippen molar-refractivity contribution < 1.29 is 9.59 Å². The van der Waals surface area contributed by atoms with E-state index in [0.717, 1.165) is 28.0 Å². The lowest BCUT2D eigenvalue weighted by Gasteiger charge is -2.28. The summed E-state index contributed by atoms with van der Waals surface area (Å²) in [5.41, 5.74) is 4.89. The number of hydrogen-bond donors (Lipinski definition) is 0. The molecule has 0 N–H and O–H groups in total. The molecule has 1 aliphatic carbocycles. The Morgan fingerprint density at radius 2 is 1.85 bits per heavy atom. The van der Waals surface area contributed by atoms with Crippen molar-refractivity contribution in [3.63, 3.8) is 0 Å². The van der Waals surface area contributed by atoms with Crippen LogP contribution in [0.3, 0.4) is 0 Å². The lowest BCUT2D eigenvalue weighted by atomic mass is 9.74. The van der Waals surface area contributed by atoms with Crippen molar-refractivity contribution in [1.29, 1.82) is 0 Å². The summed E-state index contributed by atoms with van der Waals surface area (Å²) < 4.78 is 0. The highest BCUT2D eigenvalue weighted by molar-refractivity contribution is 7.11. The van der Waals surface area contributed by atoms with Gasteiger partial charge in [-0.2, -0.15) is 0 Å². The minimum absolute atomic E-state index is 0.00647. The number of carbonyl (C=O) groups is 2. The average Bonchev–Trinajstić information content (AvgIpc) is 3.00. The fraction of sp³-hybridized carbons (Fsp3) is 0.182. The molecule has 2 aromatic carbocycles. The van der Waals surface area contributed by atoms with Gasteiger partial charge in [-0.25, -0.2) is 0 Å². The Kier molecular flexibility index (Phi) is 4.51. The highest BCUT2D eigenvalue weighted by Gasteiger charge is 2.32. The quantitative estimate of drug-likeness (QED) is 0.530. The zero-order valence-electron chi connectivity index (χ0n) is 14.3. The summed E-state index contributed by atoms with van der Waals surface area (Å²) in [7, 11) is 0. The van der Waals surface area contributed by atoms with Gasteiger partial charge in [0, 0.05) is 33.4 Å². The van der Waals surface area contributed by atoms with Gasteiger partial charge >= 0.3 is 0 Å². The Morgan fingerprint density at radius 3 is 2.54 bits per heavy atom. The second-order valence-corrected chi connectivity index (χ2v) is 8.01. The number of ketones is 2. The van der Waals surface area contributed by atoms with Gasteiger partial charge in [0.1, 0.15) is 5.78 Å².